The van der Waals surface area contributed by atoms with Crippen molar-refractivity contribution in [3.8, 4) is 0 Å². The molecule has 1 aromatic heterocycles. The second-order valence-corrected chi connectivity index (χ2v) is 5.96. The molecule has 3 rings (SSSR count). The molecule has 110 valence electrons. The van der Waals surface area contributed by atoms with E-state index in [2.05, 4.69) is 10.3 Å². The molecule has 1 aliphatic heterocycles. The standard InChI is InChI=1S/C15H24N4O/c1-19(2)15-16-10-12-13(4-3-5-14(12)18-15)17-11-6-8-20-9-7-11/h10-11,13,17H,3-9H2,1-2H3/t13-/m1/s1. The minimum absolute atomic E-state index is 0.415. The molecule has 0 saturated carbocycles. The predicted octanol–water partition coefficient (Wildman–Crippen LogP) is 1.69. The Morgan fingerprint density at radius 1 is 1.25 bits per heavy atom. The van der Waals surface area contributed by atoms with Crippen LogP contribution >= 0.6 is 0 Å². The van der Waals surface area contributed by atoms with Crippen LogP contribution in [0.1, 0.15) is 43.0 Å². The van der Waals surface area contributed by atoms with Crippen molar-refractivity contribution < 1.29 is 4.74 Å². The van der Waals surface area contributed by atoms with Crippen molar-refractivity contribution in [1.29, 1.82) is 0 Å². The van der Waals surface area contributed by atoms with Gasteiger partial charge in [-0.25, -0.2) is 9.97 Å². The molecule has 1 aliphatic carbocycles. The first-order valence-electron chi connectivity index (χ1n) is 7.61. The number of aromatic nitrogens is 2. The van der Waals surface area contributed by atoms with Crippen molar-refractivity contribution in [3.63, 3.8) is 0 Å². The Bertz CT molecular complexity index is 457. The fourth-order valence-corrected chi connectivity index (χ4v) is 3.07. The zero-order chi connectivity index (χ0) is 13.9. The summed E-state index contributed by atoms with van der Waals surface area (Å²) >= 11 is 0. The minimum atomic E-state index is 0.415. The van der Waals surface area contributed by atoms with E-state index in [1.165, 1.54) is 24.1 Å². The van der Waals surface area contributed by atoms with Crippen LogP contribution in [-0.4, -0.2) is 43.3 Å². The average Bonchev–Trinajstić information content (AvgIpc) is 2.48. The number of ether oxygens (including phenoxy) is 1. The van der Waals surface area contributed by atoms with Gasteiger partial charge in [0.25, 0.3) is 0 Å². The number of nitrogens with one attached hydrogen (secondary N) is 1. The molecular formula is C15H24N4O. The highest BCUT2D eigenvalue weighted by Crippen LogP contribution is 2.30. The SMILES string of the molecule is CN(C)c1ncc2c(n1)CCC[C@H]2NC1CCOCC1. The molecule has 1 atom stereocenters. The molecule has 1 saturated heterocycles. The van der Waals surface area contributed by atoms with Crippen LogP contribution in [0.5, 0.6) is 0 Å². The van der Waals surface area contributed by atoms with Gasteiger partial charge in [0.15, 0.2) is 0 Å². The molecule has 2 heterocycles. The van der Waals surface area contributed by atoms with Crippen molar-refractivity contribution in [1.82, 2.24) is 15.3 Å². The van der Waals surface area contributed by atoms with Gasteiger partial charge < -0.3 is 15.0 Å². The largest absolute Gasteiger partial charge is 0.381 e. The van der Waals surface area contributed by atoms with E-state index in [4.69, 9.17) is 9.72 Å². The van der Waals surface area contributed by atoms with Gasteiger partial charge in [-0.3, -0.25) is 0 Å². The Labute approximate surface area is 120 Å². The van der Waals surface area contributed by atoms with Crippen molar-refractivity contribution in [2.75, 3.05) is 32.2 Å². The molecule has 1 aromatic rings. The third kappa shape index (κ3) is 2.94. The van der Waals surface area contributed by atoms with Crippen molar-refractivity contribution >= 4 is 5.95 Å². The Balaban J connectivity index is 1.75. The van der Waals surface area contributed by atoms with Crippen molar-refractivity contribution in [2.45, 2.75) is 44.2 Å². The molecule has 2 aliphatic rings. The number of anilines is 1. The maximum absolute atomic E-state index is 5.43. The van der Waals surface area contributed by atoms with Gasteiger partial charge in [-0.1, -0.05) is 0 Å². The highest BCUT2D eigenvalue weighted by Gasteiger charge is 2.25. The lowest BCUT2D eigenvalue weighted by Crippen LogP contribution is -2.38. The summed E-state index contributed by atoms with van der Waals surface area (Å²) in [4.78, 5) is 11.2. The summed E-state index contributed by atoms with van der Waals surface area (Å²) in [6.45, 7) is 1.76. The first-order valence-corrected chi connectivity index (χ1v) is 7.61. The van der Waals surface area contributed by atoms with Crippen LogP contribution in [0.3, 0.4) is 0 Å². The summed E-state index contributed by atoms with van der Waals surface area (Å²) in [5.41, 5.74) is 2.52. The summed E-state index contributed by atoms with van der Waals surface area (Å²) in [6, 6.07) is 0.992. The molecule has 1 fully saturated rings. The average molecular weight is 276 g/mol. The zero-order valence-electron chi connectivity index (χ0n) is 12.4. The van der Waals surface area contributed by atoms with E-state index in [0.29, 0.717) is 12.1 Å². The predicted molar refractivity (Wildman–Crippen MR) is 79.0 cm³/mol. The smallest absolute Gasteiger partial charge is 0.225 e. The van der Waals surface area contributed by atoms with Crippen LogP contribution in [0.2, 0.25) is 0 Å². The van der Waals surface area contributed by atoms with Crippen LogP contribution in [0, 0.1) is 0 Å². The molecule has 0 unspecified atom stereocenters. The van der Waals surface area contributed by atoms with Crippen LogP contribution < -0.4 is 10.2 Å². The van der Waals surface area contributed by atoms with E-state index < -0.39 is 0 Å². The van der Waals surface area contributed by atoms with Gasteiger partial charge in [0.05, 0.1) is 5.69 Å². The number of rotatable bonds is 3. The number of fused-ring (bicyclic) bond motifs is 1. The molecule has 0 aromatic carbocycles. The molecular weight excluding hydrogens is 252 g/mol. The lowest BCUT2D eigenvalue weighted by atomic mass is 9.91. The summed E-state index contributed by atoms with van der Waals surface area (Å²) in [7, 11) is 3.98. The van der Waals surface area contributed by atoms with Crippen LogP contribution in [-0.2, 0) is 11.2 Å². The monoisotopic (exact) mass is 276 g/mol. The van der Waals surface area contributed by atoms with Gasteiger partial charge in [0.1, 0.15) is 0 Å². The Kier molecular flexibility index (Phi) is 4.17. The van der Waals surface area contributed by atoms with Gasteiger partial charge in [-0.15, -0.1) is 0 Å². The number of hydrogen-bond donors (Lipinski definition) is 1. The summed E-state index contributed by atoms with van der Waals surface area (Å²) in [6.07, 6.45) is 7.72. The molecule has 5 nitrogen and oxygen atoms in total. The van der Waals surface area contributed by atoms with Gasteiger partial charge in [-0.2, -0.15) is 0 Å². The Morgan fingerprint density at radius 3 is 2.80 bits per heavy atom. The number of aryl methyl sites for hydroxylation is 1. The summed E-state index contributed by atoms with van der Waals surface area (Å²) in [5, 5.41) is 3.79. The normalized spacial score (nSPS) is 23.4. The van der Waals surface area contributed by atoms with E-state index in [1.807, 2.05) is 25.2 Å². The van der Waals surface area contributed by atoms with E-state index in [-0.39, 0.29) is 0 Å². The van der Waals surface area contributed by atoms with Gasteiger partial charge in [0.2, 0.25) is 5.95 Å². The van der Waals surface area contributed by atoms with Crippen LogP contribution in [0.4, 0.5) is 5.95 Å². The lowest BCUT2D eigenvalue weighted by Gasteiger charge is -2.32. The molecule has 0 bridgehead atoms. The van der Waals surface area contributed by atoms with Crippen LogP contribution in [0.25, 0.3) is 0 Å². The molecule has 5 heteroatoms. The molecule has 0 spiro atoms. The maximum Gasteiger partial charge on any atom is 0.225 e. The van der Waals surface area contributed by atoms with Gasteiger partial charge in [0, 0.05) is 51.2 Å². The fraction of sp³-hybridized carbons (Fsp3) is 0.733. The lowest BCUT2D eigenvalue weighted by molar-refractivity contribution is 0.0741. The Morgan fingerprint density at radius 2 is 2.05 bits per heavy atom. The third-order valence-corrected chi connectivity index (χ3v) is 4.23. The molecule has 20 heavy (non-hydrogen) atoms. The first kappa shape index (κ1) is 13.8. The van der Waals surface area contributed by atoms with Crippen molar-refractivity contribution in [3.05, 3.63) is 17.5 Å². The highest BCUT2D eigenvalue weighted by molar-refractivity contribution is 5.34. The molecule has 0 amide bonds. The number of nitrogens with zero attached hydrogens (tertiary/aromatic N) is 3. The zero-order valence-corrected chi connectivity index (χ0v) is 12.4. The second kappa shape index (κ2) is 6.06. The van der Waals surface area contributed by atoms with E-state index >= 15 is 0 Å². The second-order valence-electron chi connectivity index (χ2n) is 5.96. The van der Waals surface area contributed by atoms with Gasteiger partial charge in [-0.05, 0) is 32.1 Å². The van der Waals surface area contributed by atoms with E-state index in [1.54, 1.807) is 0 Å². The third-order valence-electron chi connectivity index (χ3n) is 4.23. The quantitative estimate of drug-likeness (QED) is 0.910. The topological polar surface area (TPSA) is 50.3 Å². The molecule has 1 N–H and O–H groups in total. The fourth-order valence-electron chi connectivity index (χ4n) is 3.07. The van der Waals surface area contributed by atoms with Crippen LogP contribution in [0.15, 0.2) is 6.20 Å². The van der Waals surface area contributed by atoms with Gasteiger partial charge >= 0.3 is 0 Å². The highest BCUT2D eigenvalue weighted by atomic mass is 16.5. The first-order chi connectivity index (χ1) is 9.74. The summed E-state index contributed by atoms with van der Waals surface area (Å²) in [5.74, 6) is 0.815. The number of hydrogen-bond acceptors (Lipinski definition) is 5. The van der Waals surface area contributed by atoms with E-state index in [0.717, 1.165) is 38.4 Å². The summed E-state index contributed by atoms with van der Waals surface area (Å²) < 4.78 is 5.43. The minimum Gasteiger partial charge on any atom is -0.381 e. The molecule has 0 radical (unpaired) electrons. The maximum atomic E-state index is 5.43. The van der Waals surface area contributed by atoms with E-state index in [9.17, 15) is 0 Å². The van der Waals surface area contributed by atoms with Crippen molar-refractivity contribution in [2.24, 2.45) is 0 Å². The Hall–Kier alpha value is -1.20.